The highest BCUT2D eigenvalue weighted by Crippen LogP contribution is 2.28. The normalized spacial score (nSPS) is 25.1. The van der Waals surface area contributed by atoms with Crippen LogP contribution in [0.15, 0.2) is 0 Å². The molecule has 1 rings (SSSR count). The van der Waals surface area contributed by atoms with Crippen molar-refractivity contribution in [1.82, 2.24) is 10.2 Å². The molecule has 0 saturated heterocycles. The second-order valence-electron chi connectivity index (χ2n) is 5.42. The Hall–Kier alpha value is -0.610. The number of rotatable bonds is 7. The summed E-state index contributed by atoms with van der Waals surface area (Å²) in [5.74, 6) is -0.00709. The standard InChI is InChI=1S/C13H26N2O2/c1-15(2)9-3-8-14-10-11-4-6-12(7-5-11)13(16)17/h11-12,14H,3-10H2,1-2H3,(H,16,17). The van der Waals surface area contributed by atoms with Crippen molar-refractivity contribution in [2.45, 2.75) is 32.1 Å². The van der Waals surface area contributed by atoms with Crippen LogP contribution < -0.4 is 5.32 Å². The zero-order valence-electron chi connectivity index (χ0n) is 11.1. The zero-order chi connectivity index (χ0) is 12.7. The average molecular weight is 242 g/mol. The molecule has 0 aromatic carbocycles. The van der Waals surface area contributed by atoms with Crippen LogP contribution in [0.4, 0.5) is 0 Å². The van der Waals surface area contributed by atoms with E-state index in [9.17, 15) is 4.79 Å². The van der Waals surface area contributed by atoms with Crippen molar-refractivity contribution >= 4 is 5.97 Å². The Bertz CT molecular complexity index is 223. The number of hydrogen-bond donors (Lipinski definition) is 2. The fourth-order valence-electron chi connectivity index (χ4n) is 2.44. The fourth-order valence-corrected chi connectivity index (χ4v) is 2.44. The summed E-state index contributed by atoms with van der Waals surface area (Å²) in [6.45, 7) is 3.25. The first kappa shape index (κ1) is 14.5. The first-order valence-corrected chi connectivity index (χ1v) is 6.68. The predicted molar refractivity (Wildman–Crippen MR) is 69.1 cm³/mol. The monoisotopic (exact) mass is 242 g/mol. The van der Waals surface area contributed by atoms with E-state index in [1.165, 1.54) is 6.42 Å². The molecule has 17 heavy (non-hydrogen) atoms. The third kappa shape index (κ3) is 6.03. The number of nitrogens with zero attached hydrogens (tertiary/aromatic N) is 1. The summed E-state index contributed by atoms with van der Waals surface area (Å²) < 4.78 is 0. The van der Waals surface area contributed by atoms with Gasteiger partial charge in [-0.1, -0.05) is 0 Å². The molecule has 4 heteroatoms. The topological polar surface area (TPSA) is 52.6 Å². The molecule has 0 aromatic heterocycles. The number of carboxylic acids is 1. The summed E-state index contributed by atoms with van der Waals surface area (Å²) in [7, 11) is 4.18. The molecular weight excluding hydrogens is 216 g/mol. The Morgan fingerprint density at radius 2 is 1.94 bits per heavy atom. The summed E-state index contributed by atoms with van der Waals surface area (Å²) in [6.07, 6.45) is 5.03. The van der Waals surface area contributed by atoms with Gasteiger partial charge in [-0.3, -0.25) is 4.79 Å². The van der Waals surface area contributed by atoms with Crippen LogP contribution in [0.25, 0.3) is 0 Å². The molecule has 0 aromatic rings. The maximum atomic E-state index is 10.8. The van der Waals surface area contributed by atoms with Crippen LogP contribution in [0.3, 0.4) is 0 Å². The van der Waals surface area contributed by atoms with Crippen molar-refractivity contribution in [1.29, 1.82) is 0 Å². The molecule has 1 aliphatic carbocycles. The molecule has 100 valence electrons. The summed E-state index contributed by atoms with van der Waals surface area (Å²) >= 11 is 0. The van der Waals surface area contributed by atoms with E-state index in [1.54, 1.807) is 0 Å². The van der Waals surface area contributed by atoms with Gasteiger partial charge in [-0.2, -0.15) is 0 Å². The number of nitrogens with one attached hydrogen (secondary N) is 1. The maximum Gasteiger partial charge on any atom is 0.306 e. The van der Waals surface area contributed by atoms with Gasteiger partial charge in [0.15, 0.2) is 0 Å². The van der Waals surface area contributed by atoms with Crippen LogP contribution in [-0.2, 0) is 4.79 Å². The van der Waals surface area contributed by atoms with E-state index in [0.717, 1.165) is 45.3 Å². The maximum absolute atomic E-state index is 10.8. The quantitative estimate of drug-likeness (QED) is 0.663. The van der Waals surface area contributed by atoms with E-state index in [0.29, 0.717) is 5.92 Å². The molecule has 2 N–H and O–H groups in total. The van der Waals surface area contributed by atoms with Gasteiger partial charge in [-0.15, -0.1) is 0 Å². The molecule has 0 aliphatic heterocycles. The van der Waals surface area contributed by atoms with Gasteiger partial charge in [-0.05, 0) is 71.8 Å². The van der Waals surface area contributed by atoms with Crippen molar-refractivity contribution in [3.8, 4) is 0 Å². The molecular formula is C13H26N2O2. The fraction of sp³-hybridized carbons (Fsp3) is 0.923. The van der Waals surface area contributed by atoms with E-state index in [-0.39, 0.29) is 5.92 Å². The third-order valence-corrected chi connectivity index (χ3v) is 3.59. The zero-order valence-corrected chi connectivity index (χ0v) is 11.1. The largest absolute Gasteiger partial charge is 0.481 e. The summed E-state index contributed by atoms with van der Waals surface area (Å²) in [5, 5.41) is 12.4. The highest BCUT2D eigenvalue weighted by Gasteiger charge is 2.25. The Kier molecular flexibility index (Phi) is 6.52. The predicted octanol–water partition coefficient (Wildman–Crippen LogP) is 1.42. The summed E-state index contributed by atoms with van der Waals surface area (Å²) in [4.78, 5) is 13.0. The SMILES string of the molecule is CN(C)CCCNCC1CCC(C(=O)O)CC1. The molecule has 0 radical (unpaired) electrons. The van der Waals surface area contributed by atoms with Crippen molar-refractivity contribution in [3.63, 3.8) is 0 Å². The van der Waals surface area contributed by atoms with Crippen LogP contribution in [-0.4, -0.2) is 49.7 Å². The van der Waals surface area contributed by atoms with Crippen LogP contribution >= 0.6 is 0 Å². The van der Waals surface area contributed by atoms with Crippen LogP contribution in [0.5, 0.6) is 0 Å². The van der Waals surface area contributed by atoms with Gasteiger partial charge in [-0.25, -0.2) is 0 Å². The molecule has 0 atom stereocenters. The highest BCUT2D eigenvalue weighted by molar-refractivity contribution is 5.69. The molecule has 0 spiro atoms. The second-order valence-corrected chi connectivity index (χ2v) is 5.42. The minimum absolute atomic E-state index is 0.0833. The molecule has 0 heterocycles. The Labute approximate surface area is 104 Å². The number of aliphatic carboxylic acids is 1. The van der Waals surface area contributed by atoms with Gasteiger partial charge in [0, 0.05) is 0 Å². The minimum Gasteiger partial charge on any atom is -0.481 e. The first-order chi connectivity index (χ1) is 8.09. The lowest BCUT2D eigenvalue weighted by Crippen LogP contribution is -2.30. The molecule has 4 nitrogen and oxygen atoms in total. The third-order valence-electron chi connectivity index (χ3n) is 3.59. The van der Waals surface area contributed by atoms with Crippen LogP contribution in [0.2, 0.25) is 0 Å². The molecule has 1 saturated carbocycles. The smallest absolute Gasteiger partial charge is 0.306 e. The summed E-state index contributed by atoms with van der Waals surface area (Å²) in [5.41, 5.74) is 0. The van der Waals surface area contributed by atoms with Gasteiger partial charge in [0.2, 0.25) is 0 Å². The second kappa shape index (κ2) is 7.67. The highest BCUT2D eigenvalue weighted by atomic mass is 16.4. The lowest BCUT2D eigenvalue weighted by Gasteiger charge is -2.26. The Morgan fingerprint density at radius 3 is 2.47 bits per heavy atom. The average Bonchev–Trinajstić information content (AvgIpc) is 2.29. The van der Waals surface area contributed by atoms with E-state index in [2.05, 4.69) is 24.3 Å². The molecule has 0 amide bonds. The molecule has 0 unspecified atom stereocenters. The van der Waals surface area contributed by atoms with Crippen molar-refractivity contribution in [2.75, 3.05) is 33.7 Å². The van der Waals surface area contributed by atoms with Crippen molar-refractivity contribution in [2.24, 2.45) is 11.8 Å². The van der Waals surface area contributed by atoms with E-state index >= 15 is 0 Å². The molecule has 1 fully saturated rings. The number of carbonyl (C=O) groups is 1. The number of hydrogen-bond acceptors (Lipinski definition) is 3. The van der Waals surface area contributed by atoms with E-state index in [4.69, 9.17) is 5.11 Å². The van der Waals surface area contributed by atoms with Crippen LogP contribution in [0, 0.1) is 11.8 Å². The minimum atomic E-state index is -0.609. The van der Waals surface area contributed by atoms with Crippen molar-refractivity contribution in [3.05, 3.63) is 0 Å². The van der Waals surface area contributed by atoms with E-state index < -0.39 is 5.97 Å². The summed E-state index contributed by atoms with van der Waals surface area (Å²) in [6, 6.07) is 0. The number of carboxylic acid groups (broad SMARTS) is 1. The van der Waals surface area contributed by atoms with E-state index in [1.807, 2.05) is 0 Å². The van der Waals surface area contributed by atoms with Gasteiger partial charge < -0.3 is 15.3 Å². The molecule has 1 aliphatic rings. The Morgan fingerprint density at radius 1 is 1.29 bits per heavy atom. The van der Waals surface area contributed by atoms with Gasteiger partial charge in [0.05, 0.1) is 5.92 Å². The lowest BCUT2D eigenvalue weighted by molar-refractivity contribution is -0.143. The van der Waals surface area contributed by atoms with Gasteiger partial charge >= 0.3 is 5.97 Å². The van der Waals surface area contributed by atoms with Crippen LogP contribution in [0.1, 0.15) is 32.1 Å². The Balaban J connectivity index is 2.01. The van der Waals surface area contributed by atoms with Gasteiger partial charge in [0.25, 0.3) is 0 Å². The van der Waals surface area contributed by atoms with Crippen molar-refractivity contribution < 1.29 is 9.90 Å². The first-order valence-electron chi connectivity index (χ1n) is 6.68. The lowest BCUT2D eigenvalue weighted by atomic mass is 9.82. The molecule has 0 bridgehead atoms. The van der Waals surface area contributed by atoms with Gasteiger partial charge in [0.1, 0.15) is 0 Å².